The van der Waals surface area contributed by atoms with E-state index < -0.39 is 16.6 Å². The number of nitrogen functional groups attached to an aromatic ring is 1. The highest BCUT2D eigenvalue weighted by atomic mass is 35.5. The van der Waals surface area contributed by atoms with Gasteiger partial charge in [-0.15, -0.1) is 0 Å². The number of halogens is 2. The molecule has 0 saturated heterocycles. The first-order valence-electron chi connectivity index (χ1n) is 7.33. The van der Waals surface area contributed by atoms with Crippen LogP contribution < -0.4 is 5.73 Å². The molecule has 0 aliphatic heterocycles. The van der Waals surface area contributed by atoms with Gasteiger partial charge < -0.3 is 10.1 Å². The summed E-state index contributed by atoms with van der Waals surface area (Å²) in [5.41, 5.74) is 8.38. The van der Waals surface area contributed by atoms with Gasteiger partial charge in [0.25, 0.3) is 0 Å². The van der Waals surface area contributed by atoms with Gasteiger partial charge in [-0.05, 0) is 12.1 Å². The third kappa shape index (κ3) is 2.58. The Balaban J connectivity index is 2.02. The van der Waals surface area contributed by atoms with Crippen LogP contribution >= 0.6 is 11.6 Å². The molecule has 3 N–H and O–H groups in total. The number of H-pyrrole nitrogens is 1. The second kappa shape index (κ2) is 5.82. The number of nitrogens with two attached hydrogens (primary N) is 1. The van der Waals surface area contributed by atoms with E-state index in [1.807, 2.05) is 0 Å². The molecule has 1 atom stereocenters. The van der Waals surface area contributed by atoms with Gasteiger partial charge in [-0.25, -0.2) is 9.37 Å². The number of benzene rings is 1. The zero-order valence-corrected chi connectivity index (χ0v) is 14.7. The van der Waals surface area contributed by atoms with Gasteiger partial charge in [0.15, 0.2) is 0 Å². The van der Waals surface area contributed by atoms with Gasteiger partial charge in [-0.1, -0.05) is 11.6 Å². The number of aromatic nitrogens is 4. The van der Waals surface area contributed by atoms with Crippen molar-refractivity contribution in [1.29, 1.82) is 0 Å². The van der Waals surface area contributed by atoms with Crippen molar-refractivity contribution in [2.24, 2.45) is 0 Å². The van der Waals surface area contributed by atoms with Crippen molar-refractivity contribution in [2.75, 3.05) is 12.0 Å². The molecule has 6 nitrogen and oxygen atoms in total. The number of fused-ring (bicyclic) bond motifs is 2. The Bertz CT molecular complexity index is 1150. The van der Waals surface area contributed by atoms with E-state index in [9.17, 15) is 8.60 Å². The smallest absolute Gasteiger partial charge is 0.148 e. The molecule has 3 heterocycles. The normalized spacial score (nSPS) is 12.9. The van der Waals surface area contributed by atoms with Crippen LogP contribution in [0.3, 0.4) is 0 Å². The number of hydrogen-bond donors (Lipinski definition) is 2. The van der Waals surface area contributed by atoms with E-state index in [1.165, 1.54) is 6.26 Å². The summed E-state index contributed by atoms with van der Waals surface area (Å²) >= 11 is 6.34. The van der Waals surface area contributed by atoms with Crippen LogP contribution in [-0.2, 0) is 16.6 Å². The van der Waals surface area contributed by atoms with Gasteiger partial charge in [0.1, 0.15) is 17.3 Å². The molecule has 4 aromatic rings. The Labute approximate surface area is 149 Å². The fourth-order valence-electron chi connectivity index (χ4n) is 2.96. The van der Waals surface area contributed by atoms with E-state index in [1.54, 1.807) is 35.1 Å². The Morgan fingerprint density at radius 3 is 2.96 bits per heavy atom. The summed E-state index contributed by atoms with van der Waals surface area (Å²) in [5, 5.41) is 7.45. The van der Waals surface area contributed by atoms with Crippen molar-refractivity contribution in [3.8, 4) is 11.1 Å². The molecule has 4 rings (SSSR count). The van der Waals surface area contributed by atoms with E-state index in [0.717, 1.165) is 0 Å². The fourth-order valence-corrected chi connectivity index (χ4v) is 3.96. The van der Waals surface area contributed by atoms with E-state index in [-0.39, 0.29) is 16.3 Å². The molecule has 0 saturated carbocycles. The first-order valence-corrected chi connectivity index (χ1v) is 9.43. The molecule has 1 aromatic carbocycles. The fraction of sp³-hybridized carbons (Fsp3) is 0.125. The first-order chi connectivity index (χ1) is 12.0. The maximum absolute atomic E-state index is 14.9. The van der Waals surface area contributed by atoms with Crippen LogP contribution in [0.25, 0.3) is 27.7 Å². The van der Waals surface area contributed by atoms with Gasteiger partial charge in [0.05, 0.1) is 28.7 Å². The molecule has 0 aliphatic rings. The number of hydrogen-bond acceptors (Lipinski definition) is 4. The van der Waals surface area contributed by atoms with Crippen LogP contribution in [0.15, 0.2) is 30.7 Å². The molecule has 0 spiro atoms. The molecule has 9 heteroatoms. The van der Waals surface area contributed by atoms with Crippen LogP contribution in [0.1, 0.15) is 5.56 Å². The van der Waals surface area contributed by atoms with Crippen LogP contribution in [-0.4, -0.2) is 30.0 Å². The van der Waals surface area contributed by atoms with E-state index in [4.69, 9.17) is 17.3 Å². The van der Waals surface area contributed by atoms with Gasteiger partial charge in [0.2, 0.25) is 0 Å². The third-order valence-corrected chi connectivity index (χ3v) is 5.04. The molecule has 0 fully saturated rings. The van der Waals surface area contributed by atoms with Gasteiger partial charge in [-0.3, -0.25) is 9.31 Å². The third-order valence-electron chi connectivity index (χ3n) is 3.99. The number of nitrogens with zero attached hydrogens (tertiary/aromatic N) is 3. The average Bonchev–Trinajstić information content (AvgIpc) is 3.16. The molecule has 1 unspecified atom stereocenters. The highest BCUT2D eigenvalue weighted by Gasteiger charge is 2.22. The maximum atomic E-state index is 14.9. The summed E-state index contributed by atoms with van der Waals surface area (Å²) in [7, 11) is -1.21. The minimum Gasteiger partial charge on any atom is -0.382 e. The predicted molar refractivity (Wildman–Crippen MR) is 97.4 cm³/mol. The van der Waals surface area contributed by atoms with Crippen LogP contribution in [0, 0.1) is 5.82 Å². The van der Waals surface area contributed by atoms with Crippen molar-refractivity contribution in [3.05, 3.63) is 47.1 Å². The Hall–Kier alpha value is -2.45. The maximum Gasteiger partial charge on any atom is 0.148 e. The first kappa shape index (κ1) is 16.0. The van der Waals surface area contributed by atoms with Gasteiger partial charge in [-0.2, -0.15) is 5.10 Å². The number of pyridine rings is 1. The summed E-state index contributed by atoms with van der Waals surface area (Å²) in [5.74, 6) is -0.140. The molecule has 0 amide bonds. The van der Waals surface area contributed by atoms with E-state index in [0.29, 0.717) is 33.5 Å². The zero-order valence-electron chi connectivity index (χ0n) is 13.1. The lowest BCUT2D eigenvalue weighted by Crippen LogP contribution is -2.00. The van der Waals surface area contributed by atoms with Gasteiger partial charge in [0, 0.05) is 45.3 Å². The summed E-state index contributed by atoms with van der Waals surface area (Å²) in [6.45, 7) is 0. The topological polar surface area (TPSA) is 89.1 Å². The number of aromatic amines is 1. The average molecular weight is 378 g/mol. The van der Waals surface area contributed by atoms with Crippen molar-refractivity contribution in [3.63, 3.8) is 0 Å². The minimum atomic E-state index is -1.21. The molecule has 25 heavy (non-hydrogen) atoms. The number of rotatable bonds is 3. The highest BCUT2D eigenvalue weighted by Crippen LogP contribution is 2.39. The summed E-state index contributed by atoms with van der Waals surface area (Å²) in [6, 6.07) is 3.58. The second-order valence-corrected chi connectivity index (χ2v) is 7.52. The summed E-state index contributed by atoms with van der Waals surface area (Å²) < 4.78 is 28.2. The molecule has 128 valence electrons. The SMILES string of the molecule is CS(=O)Cc1c(F)c(Cl)c(-c2ccc3nc(N)cn3c2)c2cn[nH]c12. The molecular formula is C16H13ClFN5OS. The highest BCUT2D eigenvalue weighted by molar-refractivity contribution is 7.83. The lowest BCUT2D eigenvalue weighted by atomic mass is 10.0. The van der Waals surface area contributed by atoms with Crippen LogP contribution in [0.2, 0.25) is 5.02 Å². The Morgan fingerprint density at radius 2 is 2.20 bits per heavy atom. The monoisotopic (exact) mass is 377 g/mol. The van der Waals surface area contributed by atoms with Crippen molar-refractivity contribution in [2.45, 2.75) is 5.75 Å². The Morgan fingerprint density at radius 1 is 1.40 bits per heavy atom. The number of anilines is 1. The molecule has 0 radical (unpaired) electrons. The van der Waals surface area contributed by atoms with E-state index in [2.05, 4.69) is 15.2 Å². The second-order valence-electron chi connectivity index (χ2n) is 5.71. The number of imidazole rings is 1. The van der Waals surface area contributed by atoms with Crippen LogP contribution in [0.4, 0.5) is 10.2 Å². The lowest BCUT2D eigenvalue weighted by molar-refractivity contribution is 0.618. The quantitative estimate of drug-likeness (QED) is 0.574. The zero-order chi connectivity index (χ0) is 17.7. The standard InChI is InChI=1S/C16H13ClFN5OS/c1-25(24)7-10-15(18)14(17)13(9-4-20-22-16(9)10)8-2-3-12-21-11(19)6-23(12)5-8/h2-6H,7,19H2,1H3,(H,20,22). The largest absolute Gasteiger partial charge is 0.382 e. The molecule has 3 aromatic heterocycles. The minimum absolute atomic E-state index is 0.0261. The predicted octanol–water partition coefficient (Wildman–Crippen LogP) is 3.13. The van der Waals surface area contributed by atoms with Crippen molar-refractivity contribution < 1.29 is 8.60 Å². The molecule has 0 bridgehead atoms. The molecule has 0 aliphatic carbocycles. The van der Waals surface area contributed by atoms with Gasteiger partial charge >= 0.3 is 0 Å². The summed E-state index contributed by atoms with van der Waals surface area (Å²) in [6.07, 6.45) is 6.55. The summed E-state index contributed by atoms with van der Waals surface area (Å²) in [4.78, 5) is 4.17. The Kier molecular flexibility index (Phi) is 3.73. The molecular weight excluding hydrogens is 365 g/mol. The van der Waals surface area contributed by atoms with Crippen molar-refractivity contribution in [1.82, 2.24) is 19.6 Å². The van der Waals surface area contributed by atoms with Crippen molar-refractivity contribution >= 4 is 44.8 Å². The van der Waals surface area contributed by atoms with Crippen LogP contribution in [0.5, 0.6) is 0 Å². The number of nitrogens with one attached hydrogen (secondary N) is 1. The lowest BCUT2D eigenvalue weighted by Gasteiger charge is -2.12. The van der Waals surface area contributed by atoms with E-state index >= 15 is 0 Å².